The van der Waals surface area contributed by atoms with Gasteiger partial charge in [-0.25, -0.2) is 9.69 Å². The minimum Gasteiger partial charge on any atom is -0.349 e. The summed E-state index contributed by atoms with van der Waals surface area (Å²) in [5.41, 5.74) is 1.88. The third-order valence-corrected chi connectivity index (χ3v) is 4.97. The molecule has 142 valence electrons. The van der Waals surface area contributed by atoms with Gasteiger partial charge < -0.3 is 10.6 Å². The molecule has 7 heteroatoms. The van der Waals surface area contributed by atoms with Crippen molar-refractivity contribution in [1.29, 1.82) is 0 Å². The quantitative estimate of drug-likeness (QED) is 0.634. The minimum absolute atomic E-state index is 0.131. The van der Waals surface area contributed by atoms with E-state index in [1.807, 2.05) is 0 Å². The smallest absolute Gasteiger partial charge is 0.333 e. The fraction of sp³-hybridized carbons (Fsp3) is 0.238. The number of carbonyl (C=O) groups is 3. The molecule has 0 atom stereocenters. The number of rotatable bonds is 4. The molecule has 2 aliphatic rings. The van der Waals surface area contributed by atoms with Gasteiger partial charge in [0.1, 0.15) is 5.70 Å². The lowest BCUT2D eigenvalue weighted by molar-refractivity contribution is -0.113. The number of carbonyl (C=O) groups excluding carboxylic acids is 3. The molecule has 1 saturated heterocycles. The maximum Gasteiger partial charge on any atom is 0.333 e. The largest absolute Gasteiger partial charge is 0.349 e. The zero-order chi connectivity index (χ0) is 19.5. The molecule has 1 aliphatic carbocycles. The molecular formula is C21H20N4O3. The lowest BCUT2D eigenvalue weighted by Gasteiger charge is -2.14. The van der Waals surface area contributed by atoms with Crippen molar-refractivity contribution in [3.8, 4) is 0 Å². The highest BCUT2D eigenvalue weighted by Crippen LogP contribution is 2.23. The number of pyridine rings is 1. The summed E-state index contributed by atoms with van der Waals surface area (Å²) < 4.78 is 0. The van der Waals surface area contributed by atoms with Gasteiger partial charge in [0, 0.05) is 24.0 Å². The van der Waals surface area contributed by atoms with Crippen LogP contribution >= 0.6 is 0 Å². The Balaban J connectivity index is 1.49. The highest BCUT2D eigenvalue weighted by atomic mass is 16.2. The first kappa shape index (κ1) is 17.9. The van der Waals surface area contributed by atoms with E-state index < -0.39 is 11.9 Å². The molecule has 28 heavy (non-hydrogen) atoms. The molecule has 2 aromatic rings. The van der Waals surface area contributed by atoms with Crippen molar-refractivity contribution in [3.63, 3.8) is 0 Å². The van der Waals surface area contributed by atoms with Crippen LogP contribution in [-0.4, -0.2) is 28.9 Å². The standard InChI is InChI=1S/C21H20N4O3/c26-19(23-16-3-1-2-4-16)15-5-7-17(8-6-15)25-20(27)18(24-21(25)28)13-14-9-11-22-12-10-14/h5-13,16H,1-4H2,(H,23,26)(H,24,28)/b18-13-. The predicted octanol–water partition coefficient (Wildman–Crippen LogP) is 2.85. The summed E-state index contributed by atoms with van der Waals surface area (Å²) in [7, 11) is 0. The molecule has 1 saturated carbocycles. The Kier molecular flexibility index (Phi) is 4.89. The second-order valence-corrected chi connectivity index (χ2v) is 6.91. The fourth-order valence-electron chi connectivity index (χ4n) is 3.50. The lowest BCUT2D eigenvalue weighted by Crippen LogP contribution is -2.33. The van der Waals surface area contributed by atoms with E-state index in [0.29, 0.717) is 11.3 Å². The lowest BCUT2D eigenvalue weighted by atomic mass is 10.1. The number of hydrogen-bond donors (Lipinski definition) is 2. The van der Waals surface area contributed by atoms with Gasteiger partial charge >= 0.3 is 6.03 Å². The van der Waals surface area contributed by atoms with E-state index in [2.05, 4.69) is 15.6 Å². The van der Waals surface area contributed by atoms with Crippen LogP contribution in [0.4, 0.5) is 10.5 Å². The SMILES string of the molecule is O=C(NC1CCCC1)c1ccc(N2C(=O)N/C(=C\c3ccncc3)C2=O)cc1. The van der Waals surface area contributed by atoms with Gasteiger partial charge in [-0.3, -0.25) is 14.6 Å². The van der Waals surface area contributed by atoms with Crippen LogP contribution < -0.4 is 15.5 Å². The average Bonchev–Trinajstić information content (AvgIpc) is 3.31. The van der Waals surface area contributed by atoms with E-state index in [0.717, 1.165) is 36.1 Å². The van der Waals surface area contributed by atoms with Gasteiger partial charge in [-0.15, -0.1) is 0 Å². The molecule has 4 rings (SSSR count). The van der Waals surface area contributed by atoms with Crippen molar-refractivity contribution < 1.29 is 14.4 Å². The number of anilines is 1. The molecule has 0 unspecified atom stereocenters. The van der Waals surface area contributed by atoms with Crippen LogP contribution in [0.15, 0.2) is 54.5 Å². The van der Waals surface area contributed by atoms with E-state index in [9.17, 15) is 14.4 Å². The van der Waals surface area contributed by atoms with Crippen LogP contribution in [0.1, 0.15) is 41.6 Å². The summed E-state index contributed by atoms with van der Waals surface area (Å²) in [6, 6.07) is 9.68. The van der Waals surface area contributed by atoms with Crippen molar-refractivity contribution in [3.05, 3.63) is 65.6 Å². The van der Waals surface area contributed by atoms with Gasteiger partial charge in [0.05, 0.1) is 5.69 Å². The number of urea groups is 1. The van der Waals surface area contributed by atoms with Crippen LogP contribution in [0.3, 0.4) is 0 Å². The van der Waals surface area contributed by atoms with Crippen molar-refractivity contribution in [2.45, 2.75) is 31.7 Å². The van der Waals surface area contributed by atoms with Crippen molar-refractivity contribution >= 4 is 29.6 Å². The zero-order valence-corrected chi connectivity index (χ0v) is 15.2. The van der Waals surface area contributed by atoms with E-state index in [-0.39, 0.29) is 17.6 Å². The Morgan fingerprint density at radius 1 is 1.07 bits per heavy atom. The summed E-state index contributed by atoms with van der Waals surface area (Å²) in [6.45, 7) is 0. The number of imide groups is 1. The normalized spacial score (nSPS) is 18.6. The highest BCUT2D eigenvalue weighted by Gasteiger charge is 2.34. The number of hydrogen-bond acceptors (Lipinski definition) is 4. The van der Waals surface area contributed by atoms with Gasteiger partial charge in [-0.1, -0.05) is 12.8 Å². The second-order valence-electron chi connectivity index (χ2n) is 6.91. The van der Waals surface area contributed by atoms with E-state index >= 15 is 0 Å². The summed E-state index contributed by atoms with van der Waals surface area (Å²) in [6.07, 6.45) is 9.14. The molecule has 1 aromatic heterocycles. The second kappa shape index (κ2) is 7.64. The number of nitrogens with zero attached hydrogens (tertiary/aromatic N) is 2. The Morgan fingerprint density at radius 2 is 1.75 bits per heavy atom. The summed E-state index contributed by atoms with van der Waals surface area (Å²) in [4.78, 5) is 42.3. The molecular weight excluding hydrogens is 356 g/mol. The van der Waals surface area contributed by atoms with Crippen molar-refractivity contribution in [2.75, 3.05) is 4.90 Å². The van der Waals surface area contributed by atoms with E-state index in [1.54, 1.807) is 54.9 Å². The Hall–Kier alpha value is -3.48. The van der Waals surface area contributed by atoms with Gasteiger partial charge in [0.15, 0.2) is 0 Å². The molecule has 7 nitrogen and oxygen atoms in total. The summed E-state index contributed by atoms with van der Waals surface area (Å²) in [5, 5.41) is 5.61. The van der Waals surface area contributed by atoms with Gasteiger partial charge in [0.2, 0.25) is 0 Å². The molecule has 1 aliphatic heterocycles. The Morgan fingerprint density at radius 3 is 2.43 bits per heavy atom. The molecule has 2 heterocycles. The topological polar surface area (TPSA) is 91.4 Å². The molecule has 1 aromatic carbocycles. The first-order chi connectivity index (χ1) is 13.6. The predicted molar refractivity (Wildman–Crippen MR) is 104 cm³/mol. The van der Waals surface area contributed by atoms with Crippen LogP contribution in [0.5, 0.6) is 0 Å². The Bertz CT molecular complexity index is 932. The van der Waals surface area contributed by atoms with Crippen LogP contribution in [0.2, 0.25) is 0 Å². The Labute approximate surface area is 162 Å². The van der Waals surface area contributed by atoms with Crippen LogP contribution in [-0.2, 0) is 4.79 Å². The van der Waals surface area contributed by atoms with E-state index in [1.165, 1.54) is 0 Å². The third-order valence-electron chi connectivity index (χ3n) is 4.97. The molecule has 0 bridgehead atoms. The van der Waals surface area contributed by atoms with E-state index in [4.69, 9.17) is 0 Å². The fourth-order valence-corrected chi connectivity index (χ4v) is 3.50. The van der Waals surface area contributed by atoms with Crippen LogP contribution in [0.25, 0.3) is 6.08 Å². The van der Waals surface area contributed by atoms with Gasteiger partial charge in [0.25, 0.3) is 11.8 Å². The molecule has 0 spiro atoms. The highest BCUT2D eigenvalue weighted by molar-refractivity contribution is 6.28. The molecule has 2 N–H and O–H groups in total. The monoisotopic (exact) mass is 376 g/mol. The first-order valence-corrected chi connectivity index (χ1v) is 9.30. The average molecular weight is 376 g/mol. The number of aromatic nitrogens is 1. The molecule has 4 amide bonds. The van der Waals surface area contributed by atoms with Crippen LogP contribution in [0, 0.1) is 0 Å². The number of amides is 4. The zero-order valence-electron chi connectivity index (χ0n) is 15.2. The molecule has 2 fully saturated rings. The van der Waals surface area contributed by atoms with Crippen molar-refractivity contribution in [2.24, 2.45) is 0 Å². The van der Waals surface area contributed by atoms with Gasteiger partial charge in [-0.05, 0) is 60.9 Å². The summed E-state index contributed by atoms with van der Waals surface area (Å²) in [5.74, 6) is -0.570. The number of nitrogens with one attached hydrogen (secondary N) is 2. The molecule has 0 radical (unpaired) electrons. The van der Waals surface area contributed by atoms with Crippen molar-refractivity contribution in [1.82, 2.24) is 15.6 Å². The minimum atomic E-state index is -0.520. The maximum absolute atomic E-state index is 12.6. The first-order valence-electron chi connectivity index (χ1n) is 9.30. The summed E-state index contributed by atoms with van der Waals surface area (Å²) >= 11 is 0. The third kappa shape index (κ3) is 3.64. The number of benzene rings is 1. The van der Waals surface area contributed by atoms with Gasteiger partial charge in [-0.2, -0.15) is 0 Å². The maximum atomic E-state index is 12.6.